The first kappa shape index (κ1) is 16.6. The van der Waals surface area contributed by atoms with Crippen LogP contribution in [0.1, 0.15) is 25.1 Å². The van der Waals surface area contributed by atoms with Crippen molar-refractivity contribution in [2.24, 2.45) is 0 Å². The second-order valence-corrected chi connectivity index (χ2v) is 7.61. The number of hydrogen-bond donors (Lipinski definition) is 2. The summed E-state index contributed by atoms with van der Waals surface area (Å²) in [5.41, 5.74) is 4.07. The Morgan fingerprint density at radius 3 is 2.67 bits per heavy atom. The van der Waals surface area contributed by atoms with Gasteiger partial charge in [0, 0.05) is 34.2 Å². The van der Waals surface area contributed by atoms with Crippen molar-refractivity contribution in [2.45, 2.75) is 37.8 Å². The highest BCUT2D eigenvalue weighted by Gasteiger charge is 2.13. The maximum atomic E-state index is 5.54. The van der Waals surface area contributed by atoms with Gasteiger partial charge < -0.3 is 10.1 Å². The molecule has 2 N–H and O–H groups in total. The largest absolute Gasteiger partial charge is 0.496 e. The van der Waals surface area contributed by atoms with Gasteiger partial charge in [-0.1, -0.05) is 13.8 Å². The molecule has 0 unspecified atom stereocenters. The second-order valence-electron chi connectivity index (χ2n) is 5.99. The lowest BCUT2D eigenvalue weighted by Crippen LogP contribution is -1.97. The Morgan fingerprint density at radius 2 is 2.04 bits per heavy atom. The molecule has 5 nitrogen and oxygen atoms in total. The molecule has 2 aromatic heterocycles. The molecule has 0 spiro atoms. The standard InChI is InChI=1S/C18H22N4OS/c1-10(2)24-17-8-13-14(20-18-11(3)12(4)21-22-18)6-7-19-15(13)9-16(17)23-5/h6-10H,1-5H3,(H2,19,20,21,22). The van der Waals surface area contributed by atoms with Crippen LogP contribution in [0.25, 0.3) is 10.9 Å². The van der Waals surface area contributed by atoms with Gasteiger partial charge in [-0.15, -0.1) is 11.8 Å². The highest BCUT2D eigenvalue weighted by Crippen LogP contribution is 2.37. The Kier molecular flexibility index (Phi) is 4.66. The number of H-pyrrole nitrogens is 1. The van der Waals surface area contributed by atoms with Crippen molar-refractivity contribution in [3.8, 4) is 5.75 Å². The zero-order valence-electron chi connectivity index (χ0n) is 14.6. The second kappa shape index (κ2) is 6.73. The lowest BCUT2D eigenvalue weighted by Gasteiger charge is -2.14. The van der Waals surface area contributed by atoms with Crippen LogP contribution < -0.4 is 10.1 Å². The molecular weight excluding hydrogens is 320 g/mol. The van der Waals surface area contributed by atoms with E-state index in [1.165, 1.54) is 0 Å². The molecule has 2 heterocycles. The predicted molar refractivity (Wildman–Crippen MR) is 101 cm³/mol. The van der Waals surface area contributed by atoms with Crippen molar-refractivity contribution >= 4 is 34.2 Å². The van der Waals surface area contributed by atoms with Gasteiger partial charge in [0.2, 0.25) is 0 Å². The van der Waals surface area contributed by atoms with Gasteiger partial charge in [0.1, 0.15) is 5.75 Å². The molecule has 0 aliphatic heterocycles. The van der Waals surface area contributed by atoms with Crippen LogP contribution in [-0.2, 0) is 0 Å². The third-order valence-corrected chi connectivity index (χ3v) is 4.94. The molecule has 0 bridgehead atoms. The number of benzene rings is 1. The van der Waals surface area contributed by atoms with E-state index < -0.39 is 0 Å². The average molecular weight is 342 g/mol. The number of fused-ring (bicyclic) bond motifs is 1. The molecule has 1 aromatic carbocycles. The van der Waals surface area contributed by atoms with E-state index >= 15 is 0 Å². The first-order valence-corrected chi connectivity index (χ1v) is 8.79. The van der Waals surface area contributed by atoms with E-state index in [-0.39, 0.29) is 0 Å². The molecule has 0 fully saturated rings. The van der Waals surface area contributed by atoms with E-state index in [0.717, 1.165) is 44.3 Å². The van der Waals surface area contributed by atoms with Gasteiger partial charge in [-0.2, -0.15) is 5.10 Å². The fourth-order valence-corrected chi connectivity index (χ4v) is 3.45. The number of rotatable bonds is 5. The third-order valence-electron chi connectivity index (χ3n) is 3.90. The van der Waals surface area contributed by atoms with Gasteiger partial charge in [0.15, 0.2) is 5.82 Å². The van der Waals surface area contributed by atoms with Gasteiger partial charge >= 0.3 is 0 Å². The van der Waals surface area contributed by atoms with Crippen LogP contribution in [0.15, 0.2) is 29.3 Å². The van der Waals surface area contributed by atoms with E-state index in [1.54, 1.807) is 25.1 Å². The van der Waals surface area contributed by atoms with Crippen molar-refractivity contribution in [3.63, 3.8) is 0 Å². The summed E-state index contributed by atoms with van der Waals surface area (Å²) < 4.78 is 5.54. The van der Waals surface area contributed by atoms with Crippen LogP contribution in [0.2, 0.25) is 0 Å². The monoisotopic (exact) mass is 342 g/mol. The van der Waals surface area contributed by atoms with Crippen molar-refractivity contribution < 1.29 is 4.74 Å². The van der Waals surface area contributed by atoms with Gasteiger partial charge in [-0.25, -0.2) is 0 Å². The highest BCUT2D eigenvalue weighted by molar-refractivity contribution is 8.00. The number of pyridine rings is 1. The van der Waals surface area contributed by atoms with Crippen LogP contribution >= 0.6 is 11.8 Å². The zero-order chi connectivity index (χ0) is 17.3. The first-order valence-electron chi connectivity index (χ1n) is 7.91. The summed E-state index contributed by atoms with van der Waals surface area (Å²) in [5, 5.41) is 12.3. The molecule has 0 atom stereocenters. The number of aryl methyl sites for hydroxylation is 1. The summed E-state index contributed by atoms with van der Waals surface area (Å²) in [4.78, 5) is 5.60. The summed E-state index contributed by atoms with van der Waals surface area (Å²) in [6.45, 7) is 8.41. The SMILES string of the molecule is COc1cc2nccc(Nc3n[nH]c(C)c3C)c2cc1SC(C)C. The Labute approximate surface area is 146 Å². The molecule has 3 aromatic rings. The Hall–Kier alpha value is -2.21. The van der Waals surface area contributed by atoms with E-state index in [0.29, 0.717) is 5.25 Å². The van der Waals surface area contributed by atoms with Crippen molar-refractivity contribution in [1.82, 2.24) is 15.2 Å². The minimum atomic E-state index is 0.473. The molecule has 0 saturated carbocycles. The average Bonchev–Trinajstić information content (AvgIpc) is 2.86. The number of aromatic amines is 1. The van der Waals surface area contributed by atoms with Crippen molar-refractivity contribution in [2.75, 3.05) is 12.4 Å². The van der Waals surface area contributed by atoms with Gasteiger partial charge in [0.05, 0.1) is 23.2 Å². The first-order chi connectivity index (χ1) is 11.5. The molecule has 24 heavy (non-hydrogen) atoms. The highest BCUT2D eigenvalue weighted by atomic mass is 32.2. The number of methoxy groups -OCH3 is 1. The molecule has 126 valence electrons. The minimum absolute atomic E-state index is 0.473. The fourth-order valence-electron chi connectivity index (χ4n) is 2.50. The number of thioether (sulfide) groups is 1. The molecule has 6 heteroatoms. The summed E-state index contributed by atoms with van der Waals surface area (Å²) in [6.07, 6.45) is 1.80. The number of hydrogen-bond acceptors (Lipinski definition) is 5. The Morgan fingerprint density at radius 1 is 1.25 bits per heavy atom. The van der Waals surface area contributed by atoms with Crippen molar-refractivity contribution in [1.29, 1.82) is 0 Å². The van der Waals surface area contributed by atoms with Crippen LogP contribution in [0.5, 0.6) is 5.75 Å². The lowest BCUT2D eigenvalue weighted by atomic mass is 10.1. The molecule has 0 saturated heterocycles. The Bertz CT molecular complexity index is 873. The van der Waals surface area contributed by atoms with Crippen LogP contribution in [0.3, 0.4) is 0 Å². The lowest BCUT2D eigenvalue weighted by molar-refractivity contribution is 0.405. The quantitative estimate of drug-likeness (QED) is 0.650. The predicted octanol–water partition coefficient (Wildman–Crippen LogP) is 4.83. The van der Waals surface area contributed by atoms with Gasteiger partial charge in [-0.05, 0) is 26.0 Å². The number of nitrogens with zero attached hydrogens (tertiary/aromatic N) is 2. The van der Waals surface area contributed by atoms with E-state index in [1.807, 2.05) is 26.0 Å². The molecule has 0 amide bonds. The van der Waals surface area contributed by atoms with E-state index in [2.05, 4.69) is 40.4 Å². The van der Waals surface area contributed by atoms with Gasteiger partial charge in [0.25, 0.3) is 0 Å². The normalized spacial score (nSPS) is 11.2. The van der Waals surface area contributed by atoms with Crippen molar-refractivity contribution in [3.05, 3.63) is 35.7 Å². The summed E-state index contributed by atoms with van der Waals surface area (Å²) >= 11 is 1.78. The van der Waals surface area contributed by atoms with E-state index in [9.17, 15) is 0 Å². The summed E-state index contributed by atoms with van der Waals surface area (Å²) in [5.74, 6) is 1.70. The summed E-state index contributed by atoms with van der Waals surface area (Å²) in [6, 6.07) is 6.11. The van der Waals surface area contributed by atoms with Crippen LogP contribution in [0.4, 0.5) is 11.5 Å². The third kappa shape index (κ3) is 3.19. The number of anilines is 2. The molecule has 0 radical (unpaired) electrons. The molecule has 0 aliphatic rings. The molecular formula is C18H22N4OS. The van der Waals surface area contributed by atoms with Crippen LogP contribution in [0, 0.1) is 13.8 Å². The Balaban J connectivity index is 2.09. The maximum Gasteiger partial charge on any atom is 0.155 e. The number of ether oxygens (including phenoxy) is 1. The smallest absolute Gasteiger partial charge is 0.155 e. The van der Waals surface area contributed by atoms with Gasteiger partial charge in [-0.3, -0.25) is 10.1 Å². The fraction of sp³-hybridized carbons (Fsp3) is 0.333. The molecule has 3 rings (SSSR count). The van der Waals surface area contributed by atoms with E-state index in [4.69, 9.17) is 4.74 Å². The number of aromatic nitrogens is 3. The number of nitrogens with one attached hydrogen (secondary N) is 2. The summed E-state index contributed by atoms with van der Waals surface area (Å²) in [7, 11) is 1.70. The zero-order valence-corrected chi connectivity index (χ0v) is 15.4. The molecule has 0 aliphatic carbocycles. The maximum absolute atomic E-state index is 5.54. The minimum Gasteiger partial charge on any atom is -0.496 e. The topological polar surface area (TPSA) is 62.8 Å². The van der Waals surface area contributed by atoms with Crippen LogP contribution in [-0.4, -0.2) is 27.5 Å².